The van der Waals surface area contributed by atoms with E-state index in [0.717, 1.165) is 45.3 Å². The van der Waals surface area contributed by atoms with Crippen molar-refractivity contribution in [1.82, 2.24) is 0 Å². The highest BCUT2D eigenvalue weighted by atomic mass is 16.6. The molecular weight excluding hydrogens is 404 g/mol. The zero-order valence-corrected chi connectivity index (χ0v) is 17.6. The Bertz CT molecular complexity index is 1190. The van der Waals surface area contributed by atoms with Gasteiger partial charge in [0.1, 0.15) is 32.2 Å². The minimum Gasteiger partial charge on any atom is -0.497 e. The quantitative estimate of drug-likeness (QED) is 0.552. The molecule has 0 aromatic heterocycles. The zero-order valence-electron chi connectivity index (χ0n) is 17.6. The van der Waals surface area contributed by atoms with E-state index in [1.807, 2.05) is 54.6 Å². The van der Waals surface area contributed by atoms with E-state index in [0.29, 0.717) is 32.2 Å². The van der Waals surface area contributed by atoms with Crippen LogP contribution < -0.4 is 23.7 Å². The molecular formula is C27H20O5. The van der Waals surface area contributed by atoms with Gasteiger partial charge in [-0.15, -0.1) is 0 Å². The molecule has 0 atom stereocenters. The number of rotatable bonds is 1. The molecule has 3 aromatic carbocycles. The van der Waals surface area contributed by atoms with E-state index in [1.54, 1.807) is 7.11 Å². The SMILES string of the molecule is COc1cc(C#Cc2ccc3c(c2)OCCO3)cc(C#Cc2ccc3c(c2)OCCO3)c1. The van der Waals surface area contributed by atoms with Crippen molar-refractivity contribution in [3.8, 4) is 52.4 Å². The van der Waals surface area contributed by atoms with Gasteiger partial charge in [-0.05, 0) is 54.6 Å². The van der Waals surface area contributed by atoms with Gasteiger partial charge in [0.15, 0.2) is 23.0 Å². The fourth-order valence-electron chi connectivity index (χ4n) is 3.39. The Hall–Kier alpha value is -4.22. The van der Waals surface area contributed by atoms with Gasteiger partial charge in [0.25, 0.3) is 0 Å². The number of fused-ring (bicyclic) bond motifs is 2. The molecule has 0 saturated heterocycles. The van der Waals surface area contributed by atoms with Gasteiger partial charge < -0.3 is 23.7 Å². The van der Waals surface area contributed by atoms with Gasteiger partial charge in [-0.3, -0.25) is 0 Å². The van der Waals surface area contributed by atoms with Crippen molar-refractivity contribution in [1.29, 1.82) is 0 Å². The molecule has 2 heterocycles. The average Bonchev–Trinajstić information content (AvgIpc) is 2.86. The Balaban J connectivity index is 1.41. The predicted molar refractivity (Wildman–Crippen MR) is 120 cm³/mol. The summed E-state index contributed by atoms with van der Waals surface area (Å²) in [5.74, 6) is 16.4. The largest absolute Gasteiger partial charge is 0.497 e. The van der Waals surface area contributed by atoms with Crippen molar-refractivity contribution in [3.05, 3.63) is 76.9 Å². The van der Waals surface area contributed by atoms with Crippen molar-refractivity contribution >= 4 is 0 Å². The van der Waals surface area contributed by atoms with Crippen LogP contribution in [-0.4, -0.2) is 33.5 Å². The minimum atomic E-state index is 0.547. The first-order valence-corrected chi connectivity index (χ1v) is 10.3. The summed E-state index contributed by atoms with van der Waals surface area (Å²) < 4.78 is 27.8. The molecule has 0 N–H and O–H groups in total. The van der Waals surface area contributed by atoms with Crippen molar-refractivity contribution in [2.24, 2.45) is 0 Å². The van der Waals surface area contributed by atoms with Crippen LogP contribution in [0.25, 0.3) is 0 Å². The van der Waals surface area contributed by atoms with Crippen LogP contribution in [0.2, 0.25) is 0 Å². The fourth-order valence-corrected chi connectivity index (χ4v) is 3.39. The Morgan fingerprint density at radius 2 is 0.969 bits per heavy atom. The molecule has 158 valence electrons. The van der Waals surface area contributed by atoms with Crippen LogP contribution in [0.1, 0.15) is 22.3 Å². The molecule has 0 saturated carbocycles. The smallest absolute Gasteiger partial charge is 0.162 e. The summed E-state index contributed by atoms with van der Waals surface area (Å²) in [5.41, 5.74) is 3.32. The Kier molecular flexibility index (Phi) is 5.47. The fraction of sp³-hybridized carbons (Fsp3) is 0.185. The van der Waals surface area contributed by atoms with Crippen molar-refractivity contribution < 1.29 is 23.7 Å². The van der Waals surface area contributed by atoms with Gasteiger partial charge in [-0.25, -0.2) is 0 Å². The topological polar surface area (TPSA) is 46.2 Å². The highest BCUT2D eigenvalue weighted by Crippen LogP contribution is 2.31. The van der Waals surface area contributed by atoms with E-state index in [-0.39, 0.29) is 0 Å². The van der Waals surface area contributed by atoms with E-state index < -0.39 is 0 Å². The maximum Gasteiger partial charge on any atom is 0.162 e. The lowest BCUT2D eigenvalue weighted by Gasteiger charge is -2.17. The van der Waals surface area contributed by atoms with E-state index in [2.05, 4.69) is 23.7 Å². The molecule has 0 amide bonds. The molecule has 0 unspecified atom stereocenters. The lowest BCUT2D eigenvalue weighted by atomic mass is 10.1. The van der Waals surface area contributed by atoms with E-state index in [1.165, 1.54) is 0 Å². The Morgan fingerprint density at radius 3 is 1.44 bits per heavy atom. The first-order chi connectivity index (χ1) is 15.8. The monoisotopic (exact) mass is 424 g/mol. The Labute approximate surface area is 186 Å². The van der Waals surface area contributed by atoms with Crippen LogP contribution in [0, 0.1) is 23.7 Å². The molecule has 5 nitrogen and oxygen atoms in total. The summed E-state index contributed by atoms with van der Waals surface area (Å²) in [5, 5.41) is 0. The lowest BCUT2D eigenvalue weighted by Crippen LogP contribution is -2.15. The van der Waals surface area contributed by atoms with Crippen LogP contribution in [-0.2, 0) is 0 Å². The second-order valence-corrected chi connectivity index (χ2v) is 7.17. The second-order valence-electron chi connectivity index (χ2n) is 7.17. The van der Waals surface area contributed by atoms with Crippen LogP contribution in [0.15, 0.2) is 54.6 Å². The third-order valence-corrected chi connectivity index (χ3v) is 4.93. The van der Waals surface area contributed by atoms with E-state index in [4.69, 9.17) is 23.7 Å². The zero-order chi connectivity index (χ0) is 21.8. The summed E-state index contributed by atoms with van der Waals surface area (Å²) in [6.45, 7) is 2.23. The second kappa shape index (κ2) is 8.88. The number of hydrogen-bond donors (Lipinski definition) is 0. The van der Waals surface area contributed by atoms with Crippen molar-refractivity contribution in [2.45, 2.75) is 0 Å². The first-order valence-electron chi connectivity index (χ1n) is 10.3. The molecule has 0 radical (unpaired) electrons. The summed E-state index contributed by atoms with van der Waals surface area (Å²) in [6.07, 6.45) is 0. The molecule has 0 spiro atoms. The van der Waals surface area contributed by atoms with Crippen LogP contribution >= 0.6 is 0 Å². The third kappa shape index (κ3) is 4.43. The number of ether oxygens (including phenoxy) is 5. The van der Waals surface area contributed by atoms with Crippen molar-refractivity contribution in [3.63, 3.8) is 0 Å². The van der Waals surface area contributed by atoms with Crippen LogP contribution in [0.4, 0.5) is 0 Å². The van der Waals surface area contributed by atoms with E-state index >= 15 is 0 Å². The molecule has 0 fully saturated rings. The Morgan fingerprint density at radius 1 is 0.531 bits per heavy atom. The predicted octanol–water partition coefficient (Wildman–Crippen LogP) is 4.04. The van der Waals surface area contributed by atoms with E-state index in [9.17, 15) is 0 Å². The molecule has 5 rings (SSSR count). The molecule has 2 aliphatic heterocycles. The minimum absolute atomic E-state index is 0.547. The molecule has 0 bridgehead atoms. The standard InChI is InChI=1S/C27H20O5/c1-28-23-15-21(4-2-19-6-8-24-26(17-19)31-12-10-29-24)14-22(16-23)5-3-20-7-9-25-27(18-20)32-13-11-30-25/h6-9,14-18H,10-13H2,1H3. The highest BCUT2D eigenvalue weighted by Gasteiger charge is 2.12. The summed E-state index contributed by atoms with van der Waals surface area (Å²) in [7, 11) is 1.63. The average molecular weight is 424 g/mol. The molecule has 0 aliphatic carbocycles. The normalized spacial score (nSPS) is 13.2. The highest BCUT2D eigenvalue weighted by molar-refractivity contribution is 5.55. The molecule has 2 aliphatic rings. The molecule has 32 heavy (non-hydrogen) atoms. The summed E-state index contributed by atoms with van der Waals surface area (Å²) in [6, 6.07) is 17.1. The van der Waals surface area contributed by atoms with Crippen LogP contribution in [0.3, 0.4) is 0 Å². The van der Waals surface area contributed by atoms with Gasteiger partial charge in [0.2, 0.25) is 0 Å². The number of hydrogen-bond acceptors (Lipinski definition) is 5. The first kappa shape index (κ1) is 19.7. The van der Waals surface area contributed by atoms with Crippen molar-refractivity contribution in [2.75, 3.05) is 33.5 Å². The summed E-state index contributed by atoms with van der Waals surface area (Å²) in [4.78, 5) is 0. The van der Waals surface area contributed by atoms with Gasteiger partial charge >= 0.3 is 0 Å². The number of benzene rings is 3. The lowest BCUT2D eigenvalue weighted by molar-refractivity contribution is 0.171. The van der Waals surface area contributed by atoms with Gasteiger partial charge in [-0.1, -0.05) is 23.7 Å². The summed E-state index contributed by atoms with van der Waals surface area (Å²) >= 11 is 0. The maximum atomic E-state index is 5.63. The van der Waals surface area contributed by atoms with Gasteiger partial charge in [0.05, 0.1) is 7.11 Å². The van der Waals surface area contributed by atoms with Crippen LogP contribution in [0.5, 0.6) is 28.7 Å². The third-order valence-electron chi connectivity index (χ3n) is 4.93. The van der Waals surface area contributed by atoms with Gasteiger partial charge in [0, 0.05) is 22.3 Å². The number of methoxy groups -OCH3 is 1. The van der Waals surface area contributed by atoms with Gasteiger partial charge in [-0.2, -0.15) is 0 Å². The molecule has 3 aromatic rings. The maximum absolute atomic E-state index is 5.63. The molecule has 5 heteroatoms.